The van der Waals surface area contributed by atoms with Gasteiger partial charge in [-0.1, -0.05) is 24.3 Å². The van der Waals surface area contributed by atoms with E-state index >= 15 is 0 Å². The molecule has 1 fully saturated rings. The SMILES string of the molecule is Oc1ccccc1-c1ccc(C2CC2)nc1. The topological polar surface area (TPSA) is 33.1 Å². The van der Waals surface area contributed by atoms with Gasteiger partial charge in [0, 0.05) is 28.9 Å². The Morgan fingerprint density at radius 3 is 2.50 bits per heavy atom. The normalized spacial score (nSPS) is 15.0. The van der Waals surface area contributed by atoms with E-state index in [2.05, 4.69) is 11.1 Å². The van der Waals surface area contributed by atoms with Crippen LogP contribution in [-0.4, -0.2) is 10.1 Å². The highest BCUT2D eigenvalue weighted by molar-refractivity contribution is 5.69. The molecule has 16 heavy (non-hydrogen) atoms. The molecule has 1 N–H and O–H groups in total. The van der Waals surface area contributed by atoms with E-state index in [4.69, 9.17) is 0 Å². The molecule has 0 spiro atoms. The molecule has 0 bridgehead atoms. The van der Waals surface area contributed by atoms with E-state index in [9.17, 15) is 5.11 Å². The van der Waals surface area contributed by atoms with Gasteiger partial charge >= 0.3 is 0 Å². The Kier molecular flexibility index (Phi) is 2.13. The van der Waals surface area contributed by atoms with Gasteiger partial charge in [0.1, 0.15) is 5.75 Å². The number of nitrogens with zero attached hydrogens (tertiary/aromatic N) is 1. The zero-order valence-electron chi connectivity index (χ0n) is 8.93. The van der Waals surface area contributed by atoms with Gasteiger partial charge in [-0.05, 0) is 25.0 Å². The first-order chi connectivity index (χ1) is 7.84. The smallest absolute Gasteiger partial charge is 0.123 e. The Morgan fingerprint density at radius 2 is 1.88 bits per heavy atom. The van der Waals surface area contributed by atoms with Crippen LogP contribution < -0.4 is 0 Å². The minimum Gasteiger partial charge on any atom is -0.507 e. The Hall–Kier alpha value is -1.83. The van der Waals surface area contributed by atoms with Crippen LogP contribution in [0.25, 0.3) is 11.1 Å². The molecule has 0 radical (unpaired) electrons. The summed E-state index contributed by atoms with van der Waals surface area (Å²) in [6, 6.07) is 11.5. The van der Waals surface area contributed by atoms with Gasteiger partial charge in [-0.2, -0.15) is 0 Å². The summed E-state index contributed by atoms with van der Waals surface area (Å²) in [5.74, 6) is 0.988. The van der Waals surface area contributed by atoms with E-state index < -0.39 is 0 Å². The van der Waals surface area contributed by atoms with Crippen molar-refractivity contribution < 1.29 is 5.11 Å². The van der Waals surface area contributed by atoms with Crippen molar-refractivity contribution in [2.45, 2.75) is 18.8 Å². The number of phenols is 1. The Morgan fingerprint density at radius 1 is 1.06 bits per heavy atom. The molecule has 0 amide bonds. The zero-order valence-corrected chi connectivity index (χ0v) is 8.93. The zero-order chi connectivity index (χ0) is 11.0. The minimum atomic E-state index is 0.309. The number of aromatic hydroxyl groups is 1. The predicted octanol–water partition coefficient (Wildman–Crippen LogP) is 3.33. The molecule has 0 atom stereocenters. The fraction of sp³-hybridized carbons (Fsp3) is 0.214. The minimum absolute atomic E-state index is 0.309. The van der Waals surface area contributed by atoms with Crippen molar-refractivity contribution in [3.05, 3.63) is 48.3 Å². The summed E-state index contributed by atoms with van der Waals surface area (Å²) >= 11 is 0. The van der Waals surface area contributed by atoms with E-state index in [0.717, 1.165) is 11.1 Å². The van der Waals surface area contributed by atoms with Crippen molar-refractivity contribution in [1.82, 2.24) is 4.98 Å². The van der Waals surface area contributed by atoms with Gasteiger partial charge in [0.15, 0.2) is 0 Å². The van der Waals surface area contributed by atoms with Gasteiger partial charge in [-0.25, -0.2) is 0 Å². The largest absolute Gasteiger partial charge is 0.507 e. The second-order valence-electron chi connectivity index (χ2n) is 4.26. The summed E-state index contributed by atoms with van der Waals surface area (Å²) in [4.78, 5) is 4.45. The molecule has 2 aromatic rings. The first kappa shape index (κ1) is 9.40. The van der Waals surface area contributed by atoms with Crippen molar-refractivity contribution >= 4 is 0 Å². The molecule has 2 heteroatoms. The number of benzene rings is 1. The molecule has 1 aliphatic carbocycles. The molecule has 2 nitrogen and oxygen atoms in total. The van der Waals surface area contributed by atoms with Crippen LogP contribution in [-0.2, 0) is 0 Å². The van der Waals surface area contributed by atoms with Crippen molar-refractivity contribution in [2.75, 3.05) is 0 Å². The average Bonchev–Trinajstić information content (AvgIpc) is 3.14. The molecule has 1 aliphatic rings. The summed E-state index contributed by atoms with van der Waals surface area (Å²) in [6.07, 6.45) is 4.38. The van der Waals surface area contributed by atoms with Crippen molar-refractivity contribution in [3.8, 4) is 16.9 Å². The van der Waals surface area contributed by atoms with Crippen molar-refractivity contribution in [3.63, 3.8) is 0 Å². The first-order valence-corrected chi connectivity index (χ1v) is 5.59. The van der Waals surface area contributed by atoms with Crippen LogP contribution in [0.2, 0.25) is 0 Å². The monoisotopic (exact) mass is 211 g/mol. The number of hydrogen-bond acceptors (Lipinski definition) is 2. The maximum Gasteiger partial charge on any atom is 0.123 e. The van der Waals surface area contributed by atoms with Gasteiger partial charge in [-0.3, -0.25) is 4.98 Å². The lowest BCUT2D eigenvalue weighted by atomic mass is 10.1. The number of rotatable bonds is 2. The summed E-state index contributed by atoms with van der Waals surface area (Å²) < 4.78 is 0. The summed E-state index contributed by atoms with van der Waals surface area (Å²) in [5.41, 5.74) is 3.00. The quantitative estimate of drug-likeness (QED) is 0.826. The molecule has 0 aliphatic heterocycles. The van der Waals surface area contributed by atoms with Crippen LogP contribution in [0.1, 0.15) is 24.5 Å². The second kappa shape index (κ2) is 3.63. The van der Waals surface area contributed by atoms with Crippen molar-refractivity contribution in [2.24, 2.45) is 0 Å². The lowest BCUT2D eigenvalue weighted by Crippen LogP contribution is -1.86. The predicted molar refractivity (Wildman–Crippen MR) is 63.3 cm³/mol. The molecule has 0 saturated heterocycles. The third kappa shape index (κ3) is 1.67. The lowest BCUT2D eigenvalue weighted by molar-refractivity contribution is 0.477. The average molecular weight is 211 g/mol. The van der Waals surface area contributed by atoms with Crippen molar-refractivity contribution in [1.29, 1.82) is 0 Å². The van der Waals surface area contributed by atoms with E-state index in [0.29, 0.717) is 11.7 Å². The first-order valence-electron chi connectivity index (χ1n) is 5.59. The van der Waals surface area contributed by atoms with E-state index in [1.807, 2.05) is 30.5 Å². The molecular formula is C14H13NO. The van der Waals surface area contributed by atoms with Crippen LogP contribution in [0, 0.1) is 0 Å². The third-order valence-corrected chi connectivity index (χ3v) is 3.00. The van der Waals surface area contributed by atoms with Gasteiger partial charge < -0.3 is 5.11 Å². The molecule has 1 saturated carbocycles. The Bertz CT molecular complexity index is 500. The summed E-state index contributed by atoms with van der Waals surface area (Å²) in [6.45, 7) is 0. The number of para-hydroxylation sites is 1. The van der Waals surface area contributed by atoms with Gasteiger partial charge in [0.05, 0.1) is 0 Å². The maximum atomic E-state index is 9.73. The van der Waals surface area contributed by atoms with Crippen LogP contribution in [0.4, 0.5) is 0 Å². The molecule has 80 valence electrons. The summed E-state index contributed by atoms with van der Waals surface area (Å²) in [7, 11) is 0. The van der Waals surface area contributed by atoms with E-state index in [1.54, 1.807) is 6.07 Å². The second-order valence-corrected chi connectivity index (χ2v) is 4.26. The van der Waals surface area contributed by atoms with Crippen LogP contribution in [0.15, 0.2) is 42.6 Å². The number of phenolic OH excluding ortho intramolecular Hbond substituents is 1. The number of pyridine rings is 1. The molecule has 0 unspecified atom stereocenters. The Labute approximate surface area is 94.6 Å². The van der Waals surface area contributed by atoms with Crippen LogP contribution in [0.3, 0.4) is 0 Å². The Balaban J connectivity index is 1.97. The third-order valence-electron chi connectivity index (χ3n) is 3.00. The molecule has 3 rings (SSSR count). The fourth-order valence-electron chi connectivity index (χ4n) is 1.90. The molecule has 1 aromatic carbocycles. The van der Waals surface area contributed by atoms with Crippen LogP contribution >= 0.6 is 0 Å². The lowest BCUT2D eigenvalue weighted by Gasteiger charge is -2.04. The molecule has 1 heterocycles. The summed E-state index contributed by atoms with van der Waals surface area (Å²) in [5, 5.41) is 9.73. The standard InChI is InChI=1S/C14H13NO/c16-14-4-2-1-3-12(14)11-7-8-13(15-9-11)10-5-6-10/h1-4,7-10,16H,5-6H2. The highest BCUT2D eigenvalue weighted by Crippen LogP contribution is 2.39. The van der Waals surface area contributed by atoms with Crippen LogP contribution in [0.5, 0.6) is 5.75 Å². The van der Waals surface area contributed by atoms with E-state index in [1.165, 1.54) is 18.5 Å². The fourth-order valence-corrected chi connectivity index (χ4v) is 1.90. The van der Waals surface area contributed by atoms with Gasteiger partial charge in [0.2, 0.25) is 0 Å². The maximum absolute atomic E-state index is 9.73. The van der Waals surface area contributed by atoms with Gasteiger partial charge in [-0.15, -0.1) is 0 Å². The number of hydrogen-bond donors (Lipinski definition) is 1. The van der Waals surface area contributed by atoms with Gasteiger partial charge in [0.25, 0.3) is 0 Å². The molecular weight excluding hydrogens is 198 g/mol. The highest BCUT2D eigenvalue weighted by Gasteiger charge is 2.24. The highest BCUT2D eigenvalue weighted by atomic mass is 16.3. The molecule has 1 aromatic heterocycles. The van der Waals surface area contributed by atoms with E-state index in [-0.39, 0.29) is 0 Å². The number of aromatic nitrogens is 1.